The highest BCUT2D eigenvalue weighted by molar-refractivity contribution is 8.51. The highest BCUT2D eigenvalue weighted by Crippen LogP contribution is 2.47. The number of hydrogen-bond acceptors (Lipinski definition) is 10. The summed E-state index contributed by atoms with van der Waals surface area (Å²) < 4.78 is 23.0. The monoisotopic (exact) mass is 448 g/mol. The molecule has 1 saturated heterocycles. The van der Waals surface area contributed by atoms with E-state index in [1.807, 2.05) is 6.07 Å². The van der Waals surface area contributed by atoms with Gasteiger partial charge < -0.3 is 30.8 Å². The largest absolute Gasteiger partial charge is 0.691 e. The van der Waals surface area contributed by atoms with Crippen molar-refractivity contribution in [3.05, 3.63) is 32.6 Å². The number of carbonyl (C=O) groups is 1. The van der Waals surface area contributed by atoms with Gasteiger partial charge in [-0.3, -0.25) is 19.1 Å². The van der Waals surface area contributed by atoms with Gasteiger partial charge in [-0.25, -0.2) is 4.79 Å². The topological polar surface area (TPSA) is 133 Å². The minimum Gasteiger partial charge on any atom is -0.691 e. The zero-order valence-electron chi connectivity index (χ0n) is 15.2. The summed E-state index contributed by atoms with van der Waals surface area (Å²) in [5.74, 6) is -0.521. The molecular weight excluding hydrogens is 429 g/mol. The number of ether oxygens (including phenoxy) is 2. The number of hydrogen-bond donors (Lipinski definition) is 1. The molecule has 0 amide bonds. The van der Waals surface area contributed by atoms with Gasteiger partial charge in [0.2, 0.25) is 0 Å². The SMILES string of the molecule is CC(=O)O[C@H]1C[C@H](n2cc(C)c(=O)[nH]c2=O)O[C@@H]1COP(=S)([S-])OCCC#N. The Bertz CT molecular complexity index is 925. The quantitative estimate of drug-likeness (QED) is 0.263. The van der Waals surface area contributed by atoms with Gasteiger partial charge in [0.05, 0.1) is 31.4 Å². The predicted octanol–water partition coefficient (Wildman–Crippen LogP) is 0.782. The molecule has 0 spiro atoms. The van der Waals surface area contributed by atoms with Crippen LogP contribution < -0.4 is 11.2 Å². The second-order valence-corrected chi connectivity index (χ2v) is 11.0. The highest BCUT2D eigenvalue weighted by Gasteiger charge is 2.39. The number of carbonyl (C=O) groups excluding carboxylic acids is 1. The second kappa shape index (κ2) is 9.82. The number of esters is 1. The first-order chi connectivity index (χ1) is 13.1. The summed E-state index contributed by atoms with van der Waals surface area (Å²) in [6.07, 6.45) is -0.533. The van der Waals surface area contributed by atoms with Crippen molar-refractivity contribution in [2.45, 2.75) is 45.1 Å². The van der Waals surface area contributed by atoms with Crippen LogP contribution >= 0.6 is 5.69 Å². The molecule has 2 rings (SSSR count). The molecule has 2 heterocycles. The molecule has 1 unspecified atom stereocenters. The fourth-order valence-corrected chi connectivity index (χ4v) is 4.09. The molecular formula is C15H19N3O7PS2-. The maximum absolute atomic E-state index is 12.1. The lowest BCUT2D eigenvalue weighted by Gasteiger charge is -2.30. The third-order valence-corrected chi connectivity index (χ3v) is 6.04. The van der Waals surface area contributed by atoms with Crippen LogP contribution in [0.3, 0.4) is 0 Å². The molecule has 10 nitrogen and oxygen atoms in total. The third-order valence-electron chi connectivity index (χ3n) is 3.81. The third kappa shape index (κ3) is 6.27. The van der Waals surface area contributed by atoms with Crippen LogP contribution in [0.15, 0.2) is 15.8 Å². The number of aromatic nitrogens is 2. The zero-order chi connectivity index (χ0) is 20.9. The summed E-state index contributed by atoms with van der Waals surface area (Å²) in [4.78, 5) is 37.2. The summed E-state index contributed by atoms with van der Waals surface area (Å²) in [6, 6.07) is 1.91. The highest BCUT2D eigenvalue weighted by atomic mass is 32.9. The van der Waals surface area contributed by atoms with Gasteiger partial charge in [-0.2, -0.15) is 5.26 Å². The Labute approximate surface area is 171 Å². The van der Waals surface area contributed by atoms with Crippen LogP contribution in [0.25, 0.3) is 0 Å². The molecule has 1 N–H and O–H groups in total. The smallest absolute Gasteiger partial charge is 0.330 e. The van der Waals surface area contributed by atoms with E-state index < -0.39 is 41.3 Å². The van der Waals surface area contributed by atoms with Crippen LogP contribution in [0.2, 0.25) is 0 Å². The Morgan fingerprint density at radius 3 is 2.89 bits per heavy atom. The number of nitriles is 1. The minimum atomic E-state index is -3.02. The number of H-pyrrole nitrogens is 1. The van der Waals surface area contributed by atoms with Gasteiger partial charge in [-0.1, -0.05) is 11.8 Å². The zero-order valence-corrected chi connectivity index (χ0v) is 17.7. The van der Waals surface area contributed by atoms with E-state index in [0.717, 1.165) is 0 Å². The molecule has 28 heavy (non-hydrogen) atoms. The number of nitrogens with one attached hydrogen (secondary N) is 1. The van der Waals surface area contributed by atoms with Crippen LogP contribution in [-0.2, 0) is 47.4 Å². The van der Waals surface area contributed by atoms with Crippen molar-refractivity contribution < 1.29 is 23.3 Å². The fourth-order valence-electron chi connectivity index (χ4n) is 2.56. The Hall–Kier alpha value is -1.48. The number of aromatic amines is 1. The van der Waals surface area contributed by atoms with E-state index in [1.165, 1.54) is 17.7 Å². The van der Waals surface area contributed by atoms with Crippen molar-refractivity contribution in [2.24, 2.45) is 0 Å². The number of aryl methyl sites for hydroxylation is 1. The average molecular weight is 448 g/mol. The van der Waals surface area contributed by atoms with Gasteiger partial charge in [-0.05, 0) is 6.92 Å². The van der Waals surface area contributed by atoms with Crippen LogP contribution in [0.5, 0.6) is 0 Å². The lowest BCUT2D eigenvalue weighted by Crippen LogP contribution is -2.33. The normalized spacial score (nSPS) is 23.7. The molecule has 0 radical (unpaired) electrons. The fraction of sp³-hybridized carbons (Fsp3) is 0.600. The maximum atomic E-state index is 12.1. The van der Waals surface area contributed by atoms with E-state index >= 15 is 0 Å². The molecule has 154 valence electrons. The van der Waals surface area contributed by atoms with Gasteiger partial charge in [0.1, 0.15) is 18.4 Å². The van der Waals surface area contributed by atoms with Gasteiger partial charge in [0.15, 0.2) is 0 Å². The summed E-state index contributed by atoms with van der Waals surface area (Å²) in [6.45, 7) is 2.76. The van der Waals surface area contributed by atoms with Crippen LogP contribution in [0.1, 0.15) is 31.6 Å². The first-order valence-corrected chi connectivity index (χ1v) is 11.9. The van der Waals surface area contributed by atoms with E-state index in [9.17, 15) is 14.4 Å². The molecule has 1 aliphatic heterocycles. The summed E-state index contributed by atoms with van der Waals surface area (Å²) in [5.41, 5.74) is -3.82. The van der Waals surface area contributed by atoms with Crippen LogP contribution in [0, 0.1) is 18.3 Å². The van der Waals surface area contributed by atoms with E-state index in [4.69, 9.17) is 47.8 Å². The van der Waals surface area contributed by atoms with Gasteiger partial charge in [0.25, 0.3) is 5.56 Å². The Balaban J connectivity index is 2.12. The molecule has 0 aliphatic carbocycles. The summed E-state index contributed by atoms with van der Waals surface area (Å²) in [7, 11) is 0. The van der Waals surface area contributed by atoms with Crippen LogP contribution in [-0.4, -0.2) is 40.9 Å². The van der Waals surface area contributed by atoms with Crippen molar-refractivity contribution >= 4 is 35.7 Å². The Morgan fingerprint density at radius 2 is 2.25 bits per heavy atom. The molecule has 13 heteroatoms. The van der Waals surface area contributed by atoms with E-state index in [0.29, 0.717) is 5.56 Å². The number of nitrogens with zero attached hydrogens (tertiary/aromatic N) is 2. The molecule has 0 saturated carbocycles. The van der Waals surface area contributed by atoms with Crippen molar-refractivity contribution in [3.8, 4) is 6.07 Å². The molecule has 0 aromatic carbocycles. The molecule has 4 atom stereocenters. The minimum absolute atomic E-state index is 0.0604. The maximum Gasteiger partial charge on any atom is 0.330 e. The average Bonchev–Trinajstić information content (AvgIpc) is 2.98. The van der Waals surface area contributed by atoms with Gasteiger partial charge in [-0.15, -0.1) is 0 Å². The van der Waals surface area contributed by atoms with Gasteiger partial charge in [0, 0.05) is 25.1 Å². The molecule has 0 bridgehead atoms. The molecule has 1 aromatic rings. The van der Waals surface area contributed by atoms with E-state index in [-0.39, 0.29) is 26.1 Å². The van der Waals surface area contributed by atoms with Gasteiger partial charge >= 0.3 is 11.7 Å². The first-order valence-electron chi connectivity index (χ1n) is 8.25. The van der Waals surface area contributed by atoms with Crippen molar-refractivity contribution in [3.63, 3.8) is 0 Å². The lowest BCUT2D eigenvalue weighted by atomic mass is 10.2. The van der Waals surface area contributed by atoms with E-state index in [1.54, 1.807) is 6.92 Å². The molecule has 1 fully saturated rings. The number of rotatable bonds is 8. The summed E-state index contributed by atoms with van der Waals surface area (Å²) >= 11 is 10.2. The molecule has 1 aliphatic rings. The Kier molecular flexibility index (Phi) is 8.00. The van der Waals surface area contributed by atoms with E-state index in [2.05, 4.69) is 4.98 Å². The standard InChI is InChI=1S/C15H20N3O7PS2/c1-9-7-18(15(21)17-14(9)20)13-6-11(24-10(2)19)12(25-13)8-23-26(27,28)22-5-3-4-16/h7,11-13H,3,5-6,8H2,1-2H3,(H,27,28)(H,17,20,21)/p-1/t11-,12+,13+/m0/s1. The second-order valence-electron chi connectivity index (χ2n) is 5.98. The predicted molar refractivity (Wildman–Crippen MR) is 104 cm³/mol. The summed E-state index contributed by atoms with van der Waals surface area (Å²) in [5, 5.41) is 8.54. The Morgan fingerprint density at radius 1 is 1.54 bits per heavy atom. The molecule has 1 aromatic heterocycles. The first kappa shape index (κ1) is 22.8. The van der Waals surface area contributed by atoms with Crippen molar-refractivity contribution in [1.29, 1.82) is 5.26 Å². The lowest BCUT2D eigenvalue weighted by molar-refractivity contribution is -0.150. The van der Waals surface area contributed by atoms with Crippen molar-refractivity contribution in [1.82, 2.24) is 9.55 Å². The van der Waals surface area contributed by atoms with Crippen molar-refractivity contribution in [2.75, 3.05) is 13.2 Å². The van der Waals surface area contributed by atoms with Crippen LogP contribution in [0.4, 0.5) is 0 Å².